The molecule has 1 aliphatic heterocycles. The lowest BCUT2D eigenvalue weighted by Gasteiger charge is -2.29. The normalized spacial score (nSPS) is 16.6. The van der Waals surface area contributed by atoms with Crippen molar-refractivity contribution < 1.29 is 15.0 Å². The highest BCUT2D eigenvalue weighted by molar-refractivity contribution is 6.00. The van der Waals surface area contributed by atoms with Gasteiger partial charge in [-0.1, -0.05) is 24.3 Å². The first kappa shape index (κ1) is 12.9. The van der Waals surface area contributed by atoms with Crippen LogP contribution in [0.3, 0.4) is 0 Å². The molecule has 1 amide bonds. The fourth-order valence-corrected chi connectivity index (χ4v) is 2.67. The van der Waals surface area contributed by atoms with Gasteiger partial charge in [-0.3, -0.25) is 4.79 Å². The van der Waals surface area contributed by atoms with Crippen molar-refractivity contribution in [3.63, 3.8) is 0 Å². The number of hydrogen-bond donors (Lipinski definition) is 2. The predicted molar refractivity (Wildman–Crippen MR) is 76.8 cm³/mol. The molecule has 0 unspecified atom stereocenters. The molecule has 0 atom stereocenters. The smallest absolute Gasteiger partial charge is 0.254 e. The van der Waals surface area contributed by atoms with Crippen LogP contribution in [0.5, 0.6) is 5.75 Å². The number of benzene rings is 2. The van der Waals surface area contributed by atoms with Crippen LogP contribution < -0.4 is 0 Å². The van der Waals surface area contributed by atoms with E-state index >= 15 is 0 Å². The van der Waals surface area contributed by atoms with Crippen LogP contribution in [0.1, 0.15) is 23.2 Å². The van der Waals surface area contributed by atoms with Gasteiger partial charge in [0.1, 0.15) is 5.75 Å². The number of nitrogens with zero attached hydrogens (tertiary/aromatic N) is 1. The van der Waals surface area contributed by atoms with E-state index in [0.717, 1.165) is 10.8 Å². The Morgan fingerprint density at radius 1 is 1.15 bits per heavy atom. The van der Waals surface area contributed by atoms with Crippen molar-refractivity contribution in [1.29, 1.82) is 0 Å². The van der Waals surface area contributed by atoms with E-state index in [1.165, 1.54) is 6.07 Å². The maximum atomic E-state index is 12.4. The van der Waals surface area contributed by atoms with Crippen LogP contribution in [0.4, 0.5) is 0 Å². The van der Waals surface area contributed by atoms with Gasteiger partial charge in [-0.2, -0.15) is 0 Å². The van der Waals surface area contributed by atoms with Gasteiger partial charge >= 0.3 is 0 Å². The van der Waals surface area contributed by atoms with Crippen LogP contribution in [0.15, 0.2) is 36.4 Å². The minimum atomic E-state index is -0.302. The summed E-state index contributed by atoms with van der Waals surface area (Å²) >= 11 is 0. The summed E-state index contributed by atoms with van der Waals surface area (Å²) in [7, 11) is 0. The lowest BCUT2D eigenvalue weighted by Crippen LogP contribution is -2.40. The topological polar surface area (TPSA) is 60.8 Å². The minimum Gasteiger partial charge on any atom is -0.507 e. The molecule has 1 heterocycles. The van der Waals surface area contributed by atoms with Crippen LogP contribution in [0, 0.1) is 0 Å². The molecule has 20 heavy (non-hydrogen) atoms. The summed E-state index contributed by atoms with van der Waals surface area (Å²) in [5, 5.41) is 21.1. The molecule has 1 fully saturated rings. The van der Waals surface area contributed by atoms with Gasteiger partial charge in [0.25, 0.3) is 5.91 Å². The Bertz CT molecular complexity index is 645. The summed E-state index contributed by atoms with van der Waals surface area (Å²) in [6, 6.07) is 10.8. The molecule has 104 valence electrons. The molecule has 4 heteroatoms. The molecule has 2 aromatic carbocycles. The Morgan fingerprint density at radius 2 is 1.85 bits per heavy atom. The van der Waals surface area contributed by atoms with E-state index in [1.54, 1.807) is 4.90 Å². The van der Waals surface area contributed by atoms with Gasteiger partial charge in [0.05, 0.1) is 6.10 Å². The summed E-state index contributed by atoms with van der Waals surface area (Å²) in [5.41, 5.74) is 0.498. The number of rotatable bonds is 1. The standard InChI is InChI=1S/C16H17NO3/c18-13-5-7-17(8-6-13)16(20)12-9-11-3-1-2-4-14(11)15(19)10-12/h1-4,9-10,13,18-19H,5-8H2. The number of amides is 1. The first-order chi connectivity index (χ1) is 9.65. The van der Waals surface area contributed by atoms with Crippen molar-refractivity contribution >= 4 is 16.7 Å². The van der Waals surface area contributed by atoms with Crippen LogP contribution in [-0.4, -0.2) is 40.2 Å². The van der Waals surface area contributed by atoms with Crippen LogP contribution in [0.2, 0.25) is 0 Å². The molecule has 1 saturated heterocycles. The molecule has 0 spiro atoms. The largest absolute Gasteiger partial charge is 0.507 e. The predicted octanol–water partition coefficient (Wildman–Crippen LogP) is 2.14. The molecule has 0 bridgehead atoms. The third-order valence-corrected chi connectivity index (χ3v) is 3.84. The number of aliphatic hydroxyl groups excluding tert-OH is 1. The summed E-state index contributed by atoms with van der Waals surface area (Å²) in [6.45, 7) is 1.13. The quantitative estimate of drug-likeness (QED) is 0.835. The number of aromatic hydroxyl groups is 1. The summed E-state index contributed by atoms with van der Waals surface area (Å²) < 4.78 is 0. The third kappa shape index (κ3) is 2.34. The number of carbonyl (C=O) groups excluding carboxylic acids is 1. The molecule has 0 saturated carbocycles. The fourth-order valence-electron chi connectivity index (χ4n) is 2.67. The van der Waals surface area contributed by atoms with Gasteiger partial charge < -0.3 is 15.1 Å². The Morgan fingerprint density at radius 3 is 2.60 bits per heavy atom. The molecule has 4 nitrogen and oxygen atoms in total. The Kier molecular flexibility index (Phi) is 3.32. The number of piperidine rings is 1. The maximum Gasteiger partial charge on any atom is 0.254 e. The van der Waals surface area contributed by atoms with E-state index < -0.39 is 0 Å². The van der Waals surface area contributed by atoms with Crippen LogP contribution >= 0.6 is 0 Å². The Hall–Kier alpha value is -2.07. The Balaban J connectivity index is 1.92. The zero-order valence-corrected chi connectivity index (χ0v) is 11.1. The lowest BCUT2D eigenvalue weighted by atomic mass is 10.0. The second kappa shape index (κ2) is 5.13. The zero-order valence-electron chi connectivity index (χ0n) is 11.1. The number of aliphatic hydroxyl groups is 1. The van der Waals surface area contributed by atoms with Crippen LogP contribution in [0.25, 0.3) is 10.8 Å². The van der Waals surface area contributed by atoms with Crippen molar-refractivity contribution in [1.82, 2.24) is 4.90 Å². The van der Waals surface area contributed by atoms with E-state index in [2.05, 4.69) is 0 Å². The van der Waals surface area contributed by atoms with Gasteiger partial charge in [-0.15, -0.1) is 0 Å². The van der Waals surface area contributed by atoms with E-state index in [1.807, 2.05) is 30.3 Å². The SMILES string of the molecule is O=C(c1cc(O)c2ccccc2c1)N1CCC(O)CC1. The highest BCUT2D eigenvalue weighted by atomic mass is 16.3. The minimum absolute atomic E-state index is 0.0852. The van der Waals surface area contributed by atoms with Crippen molar-refractivity contribution in [2.75, 3.05) is 13.1 Å². The average molecular weight is 271 g/mol. The number of carbonyl (C=O) groups is 1. The molecule has 1 aliphatic rings. The van der Waals surface area contributed by atoms with Gasteiger partial charge in [-0.25, -0.2) is 0 Å². The molecule has 0 radical (unpaired) electrons. The summed E-state index contributed by atoms with van der Waals surface area (Å²) in [5.74, 6) is 0.0430. The van der Waals surface area contributed by atoms with Crippen molar-refractivity contribution in [2.24, 2.45) is 0 Å². The van der Waals surface area contributed by atoms with E-state index in [0.29, 0.717) is 31.5 Å². The highest BCUT2D eigenvalue weighted by Gasteiger charge is 2.22. The number of phenols is 1. The Labute approximate surface area is 117 Å². The van der Waals surface area contributed by atoms with Gasteiger partial charge in [-0.05, 0) is 30.4 Å². The molecular weight excluding hydrogens is 254 g/mol. The molecule has 2 aromatic rings. The first-order valence-corrected chi connectivity index (χ1v) is 6.84. The van der Waals surface area contributed by atoms with Gasteiger partial charge in [0.2, 0.25) is 0 Å². The molecule has 0 aromatic heterocycles. The fraction of sp³-hybridized carbons (Fsp3) is 0.312. The highest BCUT2D eigenvalue weighted by Crippen LogP contribution is 2.27. The first-order valence-electron chi connectivity index (χ1n) is 6.84. The second-order valence-corrected chi connectivity index (χ2v) is 5.24. The van der Waals surface area contributed by atoms with Crippen molar-refractivity contribution in [3.05, 3.63) is 42.0 Å². The number of fused-ring (bicyclic) bond motifs is 1. The third-order valence-electron chi connectivity index (χ3n) is 3.84. The lowest BCUT2D eigenvalue weighted by molar-refractivity contribution is 0.0546. The molecule has 3 rings (SSSR count). The molecule has 2 N–H and O–H groups in total. The van der Waals surface area contributed by atoms with E-state index in [4.69, 9.17) is 0 Å². The van der Waals surface area contributed by atoms with E-state index in [9.17, 15) is 15.0 Å². The molecule has 0 aliphatic carbocycles. The summed E-state index contributed by atoms with van der Waals surface area (Å²) in [6.07, 6.45) is 0.931. The molecular formula is C16H17NO3. The van der Waals surface area contributed by atoms with Gasteiger partial charge in [0, 0.05) is 24.0 Å². The van der Waals surface area contributed by atoms with E-state index in [-0.39, 0.29) is 17.8 Å². The second-order valence-electron chi connectivity index (χ2n) is 5.24. The number of hydrogen-bond acceptors (Lipinski definition) is 3. The zero-order chi connectivity index (χ0) is 14.1. The van der Waals surface area contributed by atoms with Crippen molar-refractivity contribution in [2.45, 2.75) is 18.9 Å². The summed E-state index contributed by atoms with van der Waals surface area (Å²) in [4.78, 5) is 14.2. The van der Waals surface area contributed by atoms with Crippen molar-refractivity contribution in [3.8, 4) is 5.75 Å². The maximum absolute atomic E-state index is 12.4. The van der Waals surface area contributed by atoms with Crippen LogP contribution in [-0.2, 0) is 0 Å². The number of likely N-dealkylation sites (tertiary alicyclic amines) is 1. The monoisotopic (exact) mass is 271 g/mol. The average Bonchev–Trinajstić information content (AvgIpc) is 2.47. The number of phenolic OH excluding ortho intramolecular Hbond substituents is 1. The van der Waals surface area contributed by atoms with Gasteiger partial charge in [0.15, 0.2) is 0 Å².